The van der Waals surface area contributed by atoms with Crippen molar-refractivity contribution in [1.29, 1.82) is 0 Å². The number of likely N-dealkylation sites (tertiary alicyclic amines) is 1. The van der Waals surface area contributed by atoms with Crippen LogP contribution in [-0.2, 0) is 16.0 Å². The average molecular weight is 501 g/mol. The summed E-state index contributed by atoms with van der Waals surface area (Å²) in [6.45, 7) is 2.19. The molecule has 0 bridgehead atoms. The topological polar surface area (TPSA) is 79.3 Å². The van der Waals surface area contributed by atoms with Crippen molar-refractivity contribution in [1.82, 2.24) is 4.90 Å². The molecule has 1 amide bonds. The Morgan fingerprint density at radius 2 is 1.62 bits per heavy atom. The number of carbonyl (C=O) groups is 2. The number of benzene rings is 3. The Balaban J connectivity index is 1.80. The number of ketones is 1. The fourth-order valence-corrected chi connectivity index (χ4v) is 4.61. The molecule has 7 heteroatoms. The maximum Gasteiger partial charge on any atom is 0.295 e. The Bertz CT molecular complexity index is 1330. The van der Waals surface area contributed by atoms with Crippen LogP contribution in [0.2, 0.25) is 0 Å². The van der Waals surface area contributed by atoms with E-state index >= 15 is 0 Å². The molecule has 1 saturated heterocycles. The van der Waals surface area contributed by atoms with E-state index in [1.807, 2.05) is 80.5 Å². The molecule has 0 aliphatic carbocycles. The van der Waals surface area contributed by atoms with Gasteiger partial charge in [0.05, 0.1) is 31.4 Å². The zero-order valence-electron chi connectivity index (χ0n) is 21.8. The first-order chi connectivity index (χ1) is 17.7. The van der Waals surface area contributed by atoms with Crippen LogP contribution >= 0.6 is 0 Å². The SMILES string of the molecule is COc1ccc(CCN2C(=O)C(=O)/C(=C(/O)c3cc(C)ccc3OC)C2c2ccc(N(C)C)cc2)cc1. The summed E-state index contributed by atoms with van der Waals surface area (Å²) in [5, 5.41) is 11.5. The minimum Gasteiger partial charge on any atom is -0.507 e. The lowest BCUT2D eigenvalue weighted by atomic mass is 9.94. The molecule has 0 radical (unpaired) electrons. The standard InChI is InChI=1S/C30H32N2O5/c1-19-6-15-25(37-5)24(18-19)28(33)26-27(21-9-11-22(12-10-21)31(2)3)32(30(35)29(26)34)17-16-20-7-13-23(36-4)14-8-20/h6-15,18,27,33H,16-17H2,1-5H3/b28-26+. The van der Waals surface area contributed by atoms with Crippen LogP contribution < -0.4 is 14.4 Å². The van der Waals surface area contributed by atoms with Crippen LogP contribution in [0.5, 0.6) is 11.5 Å². The van der Waals surface area contributed by atoms with Crippen LogP contribution in [0.3, 0.4) is 0 Å². The van der Waals surface area contributed by atoms with E-state index in [1.165, 1.54) is 7.11 Å². The van der Waals surface area contributed by atoms with E-state index in [0.717, 1.165) is 28.1 Å². The third-order valence-corrected chi connectivity index (χ3v) is 6.68. The van der Waals surface area contributed by atoms with E-state index in [4.69, 9.17) is 9.47 Å². The van der Waals surface area contributed by atoms with Gasteiger partial charge in [0.15, 0.2) is 0 Å². The van der Waals surface area contributed by atoms with Crippen molar-refractivity contribution in [3.63, 3.8) is 0 Å². The summed E-state index contributed by atoms with van der Waals surface area (Å²) >= 11 is 0. The van der Waals surface area contributed by atoms with E-state index in [1.54, 1.807) is 24.1 Å². The fourth-order valence-electron chi connectivity index (χ4n) is 4.61. The average Bonchev–Trinajstić information content (AvgIpc) is 3.16. The zero-order valence-corrected chi connectivity index (χ0v) is 21.8. The normalized spacial score (nSPS) is 16.7. The minimum absolute atomic E-state index is 0.0567. The molecule has 1 atom stereocenters. The Hall–Kier alpha value is -4.26. The molecule has 7 nitrogen and oxygen atoms in total. The van der Waals surface area contributed by atoms with Gasteiger partial charge in [-0.1, -0.05) is 35.9 Å². The van der Waals surface area contributed by atoms with Crippen molar-refractivity contribution >= 4 is 23.1 Å². The van der Waals surface area contributed by atoms with Crippen LogP contribution in [0.15, 0.2) is 72.3 Å². The van der Waals surface area contributed by atoms with E-state index in [0.29, 0.717) is 24.3 Å². The third kappa shape index (κ3) is 5.16. The minimum atomic E-state index is -0.736. The predicted octanol–water partition coefficient (Wildman–Crippen LogP) is 4.74. The van der Waals surface area contributed by atoms with Gasteiger partial charge in [-0.05, 0) is 60.9 Å². The zero-order chi connectivity index (χ0) is 26.7. The predicted molar refractivity (Wildman–Crippen MR) is 144 cm³/mol. The molecule has 1 heterocycles. The smallest absolute Gasteiger partial charge is 0.295 e. The lowest BCUT2D eigenvalue weighted by Crippen LogP contribution is -2.31. The van der Waals surface area contributed by atoms with Gasteiger partial charge in [0.2, 0.25) is 0 Å². The van der Waals surface area contributed by atoms with Gasteiger partial charge in [-0.15, -0.1) is 0 Å². The van der Waals surface area contributed by atoms with Crippen molar-refractivity contribution in [3.8, 4) is 11.5 Å². The van der Waals surface area contributed by atoms with Gasteiger partial charge in [-0.2, -0.15) is 0 Å². The van der Waals surface area contributed by atoms with Gasteiger partial charge in [-0.3, -0.25) is 9.59 Å². The summed E-state index contributed by atoms with van der Waals surface area (Å²) in [5.41, 5.74) is 4.06. The maximum absolute atomic E-state index is 13.4. The lowest BCUT2D eigenvalue weighted by molar-refractivity contribution is -0.139. The molecule has 1 unspecified atom stereocenters. The number of carbonyl (C=O) groups excluding carboxylic acids is 2. The Morgan fingerprint density at radius 1 is 0.946 bits per heavy atom. The van der Waals surface area contributed by atoms with E-state index < -0.39 is 17.7 Å². The molecule has 4 rings (SSSR count). The molecule has 37 heavy (non-hydrogen) atoms. The highest BCUT2D eigenvalue weighted by Crippen LogP contribution is 2.41. The largest absolute Gasteiger partial charge is 0.507 e. The second kappa shape index (κ2) is 10.8. The second-order valence-corrected chi connectivity index (χ2v) is 9.28. The molecule has 3 aromatic rings. The number of anilines is 1. The lowest BCUT2D eigenvalue weighted by Gasteiger charge is -2.26. The monoisotopic (exact) mass is 500 g/mol. The molecule has 1 aliphatic heterocycles. The molecular weight excluding hydrogens is 468 g/mol. The van der Waals surface area contributed by atoms with E-state index in [2.05, 4.69) is 0 Å². The molecule has 1 N–H and O–H groups in total. The van der Waals surface area contributed by atoms with Crippen LogP contribution in [0.4, 0.5) is 5.69 Å². The fraction of sp³-hybridized carbons (Fsp3) is 0.267. The number of aryl methyl sites for hydroxylation is 1. The molecule has 1 aliphatic rings. The first kappa shape index (κ1) is 25.8. The van der Waals surface area contributed by atoms with Gasteiger partial charge in [0, 0.05) is 26.3 Å². The Labute approximate surface area is 217 Å². The van der Waals surface area contributed by atoms with Crippen LogP contribution in [0, 0.1) is 6.92 Å². The van der Waals surface area contributed by atoms with Crippen molar-refractivity contribution in [3.05, 3.63) is 94.6 Å². The first-order valence-electron chi connectivity index (χ1n) is 12.1. The number of aliphatic hydroxyl groups excluding tert-OH is 1. The number of rotatable bonds is 8. The third-order valence-electron chi connectivity index (χ3n) is 6.68. The number of Topliss-reactive ketones (excluding diaryl/α,β-unsaturated/α-hetero) is 1. The number of amides is 1. The van der Waals surface area contributed by atoms with Crippen molar-refractivity contribution in [2.75, 3.05) is 39.8 Å². The molecule has 1 fully saturated rings. The molecule has 0 spiro atoms. The molecular formula is C30H32N2O5. The van der Waals surface area contributed by atoms with Crippen molar-refractivity contribution < 1.29 is 24.2 Å². The number of hydrogen-bond donors (Lipinski definition) is 1. The van der Waals surface area contributed by atoms with Gasteiger partial charge >= 0.3 is 0 Å². The van der Waals surface area contributed by atoms with Gasteiger partial charge < -0.3 is 24.4 Å². The summed E-state index contributed by atoms with van der Waals surface area (Å²) in [6.07, 6.45) is 0.539. The summed E-state index contributed by atoms with van der Waals surface area (Å²) in [7, 11) is 7.01. The Kier molecular flexibility index (Phi) is 7.53. The number of aliphatic hydroxyl groups is 1. The number of ether oxygens (including phenoxy) is 2. The quantitative estimate of drug-likeness (QED) is 0.273. The van der Waals surface area contributed by atoms with Crippen LogP contribution in [-0.4, -0.2) is 56.6 Å². The van der Waals surface area contributed by atoms with Crippen molar-refractivity contribution in [2.45, 2.75) is 19.4 Å². The second-order valence-electron chi connectivity index (χ2n) is 9.28. The highest BCUT2D eigenvalue weighted by Gasteiger charge is 2.46. The molecule has 3 aromatic carbocycles. The van der Waals surface area contributed by atoms with Crippen LogP contribution in [0.1, 0.15) is 28.3 Å². The number of nitrogens with zero attached hydrogens (tertiary/aromatic N) is 2. The Morgan fingerprint density at radius 3 is 2.22 bits per heavy atom. The first-order valence-corrected chi connectivity index (χ1v) is 12.1. The highest BCUT2D eigenvalue weighted by molar-refractivity contribution is 6.46. The van der Waals surface area contributed by atoms with Crippen molar-refractivity contribution in [2.24, 2.45) is 0 Å². The van der Waals surface area contributed by atoms with Gasteiger partial charge in [0.1, 0.15) is 17.3 Å². The molecule has 192 valence electrons. The summed E-state index contributed by atoms with van der Waals surface area (Å²) in [5.74, 6) is -0.417. The van der Waals surface area contributed by atoms with E-state index in [9.17, 15) is 14.7 Å². The maximum atomic E-state index is 13.4. The van der Waals surface area contributed by atoms with Gasteiger partial charge in [0.25, 0.3) is 11.7 Å². The van der Waals surface area contributed by atoms with Crippen LogP contribution in [0.25, 0.3) is 5.76 Å². The summed E-state index contributed by atoms with van der Waals surface area (Å²) < 4.78 is 10.7. The number of hydrogen-bond acceptors (Lipinski definition) is 6. The summed E-state index contributed by atoms with van der Waals surface area (Å²) in [4.78, 5) is 30.2. The van der Waals surface area contributed by atoms with E-state index in [-0.39, 0.29) is 11.3 Å². The number of methoxy groups -OCH3 is 2. The summed E-state index contributed by atoms with van der Waals surface area (Å²) in [6, 6.07) is 19.9. The molecule has 0 saturated carbocycles. The molecule has 0 aromatic heterocycles. The van der Waals surface area contributed by atoms with Gasteiger partial charge in [-0.25, -0.2) is 0 Å². The highest BCUT2D eigenvalue weighted by atomic mass is 16.5.